The highest BCUT2D eigenvalue weighted by atomic mass is 16.5. The second-order valence-electron chi connectivity index (χ2n) is 6.51. The van der Waals surface area contributed by atoms with Crippen LogP contribution < -0.4 is 10.1 Å². The average molecular weight is 326 g/mol. The monoisotopic (exact) mass is 326 g/mol. The summed E-state index contributed by atoms with van der Waals surface area (Å²) in [5.41, 5.74) is 2.23. The molecule has 3 heterocycles. The van der Waals surface area contributed by atoms with Crippen molar-refractivity contribution >= 4 is 5.91 Å². The predicted octanol–water partition coefficient (Wildman–Crippen LogP) is 1.73. The minimum atomic E-state index is 0.171. The van der Waals surface area contributed by atoms with Gasteiger partial charge in [-0.25, -0.2) is 4.68 Å². The van der Waals surface area contributed by atoms with Crippen LogP contribution in [0.25, 0.3) is 5.69 Å². The van der Waals surface area contributed by atoms with Crippen molar-refractivity contribution in [3.63, 3.8) is 0 Å². The van der Waals surface area contributed by atoms with E-state index in [0.717, 1.165) is 37.4 Å². The molecule has 1 N–H and O–H groups in total. The maximum Gasteiger partial charge on any atom is 0.221 e. The summed E-state index contributed by atoms with van der Waals surface area (Å²) in [5, 5.41) is 7.40. The lowest BCUT2D eigenvalue weighted by molar-refractivity contribution is -0.121. The number of nitrogens with one attached hydrogen (secondary N) is 1. The molecule has 0 spiro atoms. The summed E-state index contributed by atoms with van der Waals surface area (Å²) in [6.45, 7) is 1.55. The quantitative estimate of drug-likeness (QED) is 0.930. The van der Waals surface area contributed by atoms with Crippen LogP contribution in [-0.4, -0.2) is 46.3 Å². The maximum atomic E-state index is 11.9. The van der Waals surface area contributed by atoms with Gasteiger partial charge in [-0.1, -0.05) is 0 Å². The molecule has 126 valence electrons. The number of benzene rings is 1. The van der Waals surface area contributed by atoms with Crippen LogP contribution in [0.5, 0.6) is 5.75 Å². The van der Waals surface area contributed by atoms with E-state index in [2.05, 4.69) is 21.4 Å². The van der Waals surface area contributed by atoms with Crippen LogP contribution in [0.4, 0.5) is 0 Å². The van der Waals surface area contributed by atoms with Crippen molar-refractivity contribution in [3.8, 4) is 11.4 Å². The molecule has 6 nitrogen and oxygen atoms in total. The summed E-state index contributed by atoms with van der Waals surface area (Å²) in [7, 11) is 1.69. The summed E-state index contributed by atoms with van der Waals surface area (Å²) < 4.78 is 7.30. The summed E-state index contributed by atoms with van der Waals surface area (Å²) >= 11 is 0. The molecule has 1 amide bonds. The zero-order valence-electron chi connectivity index (χ0n) is 13.8. The fraction of sp³-hybridized carbons (Fsp3) is 0.444. The van der Waals surface area contributed by atoms with Crippen LogP contribution >= 0.6 is 0 Å². The SMILES string of the molecule is COc1ccc(-n2cccn2)c(CN2[C@@H]3CC[C@H]2CC(=O)NC3)c1. The van der Waals surface area contributed by atoms with E-state index >= 15 is 0 Å². The van der Waals surface area contributed by atoms with E-state index in [-0.39, 0.29) is 5.91 Å². The summed E-state index contributed by atoms with van der Waals surface area (Å²) in [4.78, 5) is 14.3. The minimum Gasteiger partial charge on any atom is -0.497 e. The van der Waals surface area contributed by atoms with Gasteiger partial charge in [0, 0.05) is 44.0 Å². The molecule has 2 atom stereocenters. The zero-order valence-corrected chi connectivity index (χ0v) is 13.8. The van der Waals surface area contributed by atoms with Crippen molar-refractivity contribution < 1.29 is 9.53 Å². The molecular formula is C18H22N4O2. The second-order valence-corrected chi connectivity index (χ2v) is 6.51. The Kier molecular flexibility index (Phi) is 3.98. The van der Waals surface area contributed by atoms with Gasteiger partial charge in [0.15, 0.2) is 0 Å². The normalized spacial score (nSPS) is 23.8. The fourth-order valence-electron chi connectivity index (χ4n) is 3.88. The molecule has 2 bridgehead atoms. The minimum absolute atomic E-state index is 0.171. The number of ether oxygens (including phenoxy) is 1. The highest BCUT2D eigenvalue weighted by Gasteiger charge is 2.37. The van der Waals surface area contributed by atoms with E-state index in [4.69, 9.17) is 4.74 Å². The largest absolute Gasteiger partial charge is 0.497 e. The number of hydrogen-bond donors (Lipinski definition) is 1. The lowest BCUT2D eigenvalue weighted by Gasteiger charge is -2.28. The number of amides is 1. The van der Waals surface area contributed by atoms with Crippen molar-refractivity contribution in [2.75, 3.05) is 13.7 Å². The van der Waals surface area contributed by atoms with Crippen molar-refractivity contribution in [1.29, 1.82) is 0 Å². The molecule has 2 aliphatic rings. The molecule has 6 heteroatoms. The van der Waals surface area contributed by atoms with E-state index in [0.29, 0.717) is 18.5 Å². The van der Waals surface area contributed by atoms with Crippen molar-refractivity contribution in [3.05, 3.63) is 42.2 Å². The highest BCUT2D eigenvalue weighted by molar-refractivity contribution is 5.77. The van der Waals surface area contributed by atoms with Gasteiger partial charge < -0.3 is 10.1 Å². The molecule has 24 heavy (non-hydrogen) atoms. The number of nitrogens with zero attached hydrogens (tertiary/aromatic N) is 3. The molecule has 0 saturated carbocycles. The number of carbonyl (C=O) groups is 1. The first-order valence-corrected chi connectivity index (χ1v) is 8.44. The van der Waals surface area contributed by atoms with Gasteiger partial charge >= 0.3 is 0 Å². The molecule has 0 radical (unpaired) electrons. The maximum absolute atomic E-state index is 11.9. The molecule has 1 aromatic heterocycles. The van der Waals surface area contributed by atoms with E-state index < -0.39 is 0 Å². The van der Waals surface area contributed by atoms with Crippen molar-refractivity contribution in [1.82, 2.24) is 20.0 Å². The van der Waals surface area contributed by atoms with E-state index in [9.17, 15) is 4.79 Å². The smallest absolute Gasteiger partial charge is 0.221 e. The molecule has 2 saturated heterocycles. The van der Waals surface area contributed by atoms with Crippen LogP contribution in [0.1, 0.15) is 24.8 Å². The number of fused-ring (bicyclic) bond motifs is 2. The molecule has 2 fully saturated rings. The number of hydrogen-bond acceptors (Lipinski definition) is 4. The molecular weight excluding hydrogens is 304 g/mol. The van der Waals surface area contributed by atoms with Crippen molar-refractivity contribution in [2.24, 2.45) is 0 Å². The Morgan fingerprint density at radius 2 is 2.21 bits per heavy atom. The Bertz CT molecular complexity index is 729. The highest BCUT2D eigenvalue weighted by Crippen LogP contribution is 2.32. The predicted molar refractivity (Wildman–Crippen MR) is 90.1 cm³/mol. The summed E-state index contributed by atoms with van der Waals surface area (Å²) in [6.07, 6.45) is 6.57. The van der Waals surface area contributed by atoms with Gasteiger partial charge in [0.2, 0.25) is 5.91 Å². The van der Waals surface area contributed by atoms with Crippen LogP contribution in [0.2, 0.25) is 0 Å². The third-order valence-corrected chi connectivity index (χ3v) is 5.12. The molecule has 1 aromatic carbocycles. The van der Waals surface area contributed by atoms with Crippen LogP contribution in [0.15, 0.2) is 36.7 Å². The number of methoxy groups -OCH3 is 1. The fourth-order valence-corrected chi connectivity index (χ4v) is 3.88. The van der Waals surface area contributed by atoms with Crippen LogP contribution in [-0.2, 0) is 11.3 Å². The Morgan fingerprint density at radius 3 is 3.00 bits per heavy atom. The number of rotatable bonds is 4. The lowest BCUT2D eigenvalue weighted by Crippen LogP contribution is -2.37. The Morgan fingerprint density at radius 1 is 1.33 bits per heavy atom. The molecule has 4 rings (SSSR count). The van der Waals surface area contributed by atoms with Gasteiger partial charge in [0.1, 0.15) is 5.75 Å². The summed E-state index contributed by atoms with van der Waals surface area (Å²) in [5.74, 6) is 1.02. The number of carbonyl (C=O) groups excluding carboxylic acids is 1. The lowest BCUT2D eigenvalue weighted by atomic mass is 10.1. The van der Waals surface area contributed by atoms with Gasteiger partial charge in [-0.3, -0.25) is 9.69 Å². The van der Waals surface area contributed by atoms with Gasteiger partial charge in [0.05, 0.1) is 12.8 Å². The standard InChI is InChI=1S/C18H22N4O2/c1-24-16-5-6-17(22-8-2-7-20-22)13(9-16)12-21-14-3-4-15(21)11-19-18(23)10-14/h2,5-9,14-15H,3-4,10-12H2,1H3,(H,19,23)/t14-,15+/m0/s1. The van der Waals surface area contributed by atoms with Gasteiger partial charge in [-0.15, -0.1) is 0 Å². The zero-order chi connectivity index (χ0) is 16.5. The van der Waals surface area contributed by atoms with Gasteiger partial charge in [-0.05, 0) is 42.7 Å². The first-order valence-electron chi connectivity index (χ1n) is 8.44. The van der Waals surface area contributed by atoms with E-state index in [1.54, 1.807) is 13.3 Å². The number of aromatic nitrogens is 2. The Balaban J connectivity index is 1.67. The van der Waals surface area contributed by atoms with E-state index in [1.807, 2.05) is 29.1 Å². The molecule has 2 aliphatic heterocycles. The molecule has 0 unspecified atom stereocenters. The van der Waals surface area contributed by atoms with Crippen molar-refractivity contribution in [2.45, 2.75) is 37.9 Å². The van der Waals surface area contributed by atoms with Crippen LogP contribution in [0.3, 0.4) is 0 Å². The van der Waals surface area contributed by atoms with Gasteiger partial charge in [0.25, 0.3) is 0 Å². The first kappa shape index (κ1) is 15.2. The second kappa shape index (κ2) is 6.28. The Labute approximate surface area is 141 Å². The van der Waals surface area contributed by atoms with Gasteiger partial charge in [-0.2, -0.15) is 5.10 Å². The third kappa shape index (κ3) is 2.78. The Hall–Kier alpha value is -2.34. The van der Waals surface area contributed by atoms with E-state index in [1.165, 1.54) is 5.56 Å². The average Bonchev–Trinajstić information content (AvgIpc) is 3.20. The van der Waals surface area contributed by atoms with Crippen LogP contribution in [0, 0.1) is 0 Å². The molecule has 0 aliphatic carbocycles. The molecule has 2 aromatic rings. The third-order valence-electron chi connectivity index (χ3n) is 5.12. The summed E-state index contributed by atoms with van der Waals surface area (Å²) in [6, 6.07) is 8.75. The topological polar surface area (TPSA) is 59.4 Å². The first-order chi connectivity index (χ1) is 11.7.